The van der Waals surface area contributed by atoms with Gasteiger partial charge in [0.15, 0.2) is 0 Å². The van der Waals surface area contributed by atoms with Crippen molar-refractivity contribution in [1.29, 1.82) is 0 Å². The molecule has 1 aromatic rings. The molecule has 20 heavy (non-hydrogen) atoms. The van der Waals surface area contributed by atoms with Crippen molar-refractivity contribution in [3.63, 3.8) is 0 Å². The van der Waals surface area contributed by atoms with E-state index in [1.165, 1.54) is 0 Å². The zero-order valence-corrected chi connectivity index (χ0v) is 13.0. The molecule has 1 saturated carbocycles. The molecule has 1 saturated heterocycles. The number of nitrogens with zero attached hydrogens (tertiary/aromatic N) is 2. The van der Waals surface area contributed by atoms with Crippen LogP contribution < -0.4 is 4.90 Å². The van der Waals surface area contributed by atoms with Crippen molar-refractivity contribution >= 4 is 27.7 Å². The highest BCUT2D eigenvalue weighted by atomic mass is 79.9. The maximum atomic E-state index is 12.5. The molecule has 1 aliphatic heterocycles. The summed E-state index contributed by atoms with van der Waals surface area (Å²) in [4.78, 5) is 18.8. The number of carbonyl (C=O) groups is 1. The predicted octanol–water partition coefficient (Wildman–Crippen LogP) is 3.01. The number of anilines is 1. The molecule has 0 atom stereocenters. The SMILES string of the molecule is O=C(C1CC1)N(CC1CCOCC1)c1ccc(Br)cn1. The maximum Gasteiger partial charge on any atom is 0.231 e. The summed E-state index contributed by atoms with van der Waals surface area (Å²) in [6.07, 6.45) is 5.88. The number of pyridine rings is 1. The van der Waals surface area contributed by atoms with Crippen molar-refractivity contribution in [3.8, 4) is 0 Å². The Balaban J connectivity index is 1.75. The largest absolute Gasteiger partial charge is 0.381 e. The lowest BCUT2D eigenvalue weighted by atomic mass is 9.99. The fourth-order valence-electron chi connectivity index (χ4n) is 2.56. The Morgan fingerprint density at radius 1 is 1.30 bits per heavy atom. The van der Waals surface area contributed by atoms with Crippen molar-refractivity contribution in [2.24, 2.45) is 11.8 Å². The van der Waals surface area contributed by atoms with Crippen LogP contribution in [0.5, 0.6) is 0 Å². The summed E-state index contributed by atoms with van der Waals surface area (Å²) in [7, 11) is 0. The summed E-state index contributed by atoms with van der Waals surface area (Å²) < 4.78 is 6.33. The van der Waals surface area contributed by atoms with E-state index in [2.05, 4.69) is 20.9 Å². The average Bonchev–Trinajstić information content (AvgIpc) is 3.31. The third-order valence-corrected chi connectivity index (χ3v) is 4.43. The maximum absolute atomic E-state index is 12.5. The molecular weight excluding hydrogens is 320 g/mol. The van der Waals surface area contributed by atoms with Gasteiger partial charge in [-0.25, -0.2) is 4.98 Å². The molecular formula is C15H19BrN2O2. The Kier molecular flexibility index (Phi) is 4.36. The number of rotatable bonds is 4. The van der Waals surface area contributed by atoms with E-state index >= 15 is 0 Å². The smallest absolute Gasteiger partial charge is 0.231 e. The molecule has 2 aliphatic rings. The summed E-state index contributed by atoms with van der Waals surface area (Å²) in [5, 5.41) is 0. The van der Waals surface area contributed by atoms with E-state index < -0.39 is 0 Å². The van der Waals surface area contributed by atoms with Gasteiger partial charge in [0.2, 0.25) is 5.91 Å². The highest BCUT2D eigenvalue weighted by molar-refractivity contribution is 9.10. The van der Waals surface area contributed by atoms with Crippen LogP contribution in [0.1, 0.15) is 25.7 Å². The van der Waals surface area contributed by atoms with Gasteiger partial charge in [-0.3, -0.25) is 9.69 Å². The van der Waals surface area contributed by atoms with Crippen LogP contribution in [0.2, 0.25) is 0 Å². The molecule has 0 aromatic carbocycles. The number of aromatic nitrogens is 1. The topological polar surface area (TPSA) is 42.4 Å². The van der Waals surface area contributed by atoms with Crippen molar-refractivity contribution in [2.45, 2.75) is 25.7 Å². The van der Waals surface area contributed by atoms with Crippen LogP contribution in [-0.2, 0) is 9.53 Å². The highest BCUT2D eigenvalue weighted by Gasteiger charge is 2.35. The normalized spacial score (nSPS) is 19.9. The summed E-state index contributed by atoms with van der Waals surface area (Å²) in [6, 6.07) is 3.86. The third kappa shape index (κ3) is 3.38. The van der Waals surface area contributed by atoms with Gasteiger partial charge < -0.3 is 4.74 Å². The summed E-state index contributed by atoms with van der Waals surface area (Å²) in [6.45, 7) is 2.39. The number of hydrogen-bond acceptors (Lipinski definition) is 3. The van der Waals surface area contributed by atoms with Gasteiger partial charge in [-0.1, -0.05) is 0 Å². The number of halogens is 1. The quantitative estimate of drug-likeness (QED) is 0.847. The molecule has 0 N–H and O–H groups in total. The van der Waals surface area contributed by atoms with E-state index in [1.54, 1.807) is 6.20 Å². The van der Waals surface area contributed by atoms with Crippen LogP contribution in [0, 0.1) is 11.8 Å². The van der Waals surface area contributed by atoms with Gasteiger partial charge in [-0.05, 0) is 59.7 Å². The number of hydrogen-bond donors (Lipinski definition) is 0. The molecule has 2 fully saturated rings. The molecule has 2 heterocycles. The monoisotopic (exact) mass is 338 g/mol. The molecule has 0 radical (unpaired) electrons. The van der Waals surface area contributed by atoms with Gasteiger partial charge in [0.1, 0.15) is 5.82 Å². The van der Waals surface area contributed by atoms with E-state index in [0.29, 0.717) is 5.92 Å². The predicted molar refractivity (Wildman–Crippen MR) is 80.6 cm³/mol. The summed E-state index contributed by atoms with van der Waals surface area (Å²) in [5.41, 5.74) is 0. The molecule has 1 aliphatic carbocycles. The van der Waals surface area contributed by atoms with Crippen LogP contribution >= 0.6 is 15.9 Å². The van der Waals surface area contributed by atoms with Crippen molar-refractivity contribution in [3.05, 3.63) is 22.8 Å². The summed E-state index contributed by atoms with van der Waals surface area (Å²) >= 11 is 3.39. The first-order valence-corrected chi connectivity index (χ1v) is 8.04. The van der Waals surface area contributed by atoms with E-state index in [1.807, 2.05) is 17.0 Å². The van der Waals surface area contributed by atoms with Gasteiger partial charge in [-0.15, -0.1) is 0 Å². The highest BCUT2D eigenvalue weighted by Crippen LogP contribution is 2.33. The second-order valence-corrected chi connectivity index (χ2v) is 6.53. The fraction of sp³-hybridized carbons (Fsp3) is 0.600. The van der Waals surface area contributed by atoms with Crippen LogP contribution in [0.25, 0.3) is 0 Å². The Hall–Kier alpha value is -0.940. The van der Waals surface area contributed by atoms with Crippen molar-refractivity contribution in [2.75, 3.05) is 24.7 Å². The first kappa shape index (κ1) is 14.0. The Labute approximate surface area is 127 Å². The molecule has 4 nitrogen and oxygen atoms in total. The van der Waals surface area contributed by atoms with Crippen LogP contribution in [0.3, 0.4) is 0 Å². The molecule has 0 spiro atoms. The average molecular weight is 339 g/mol. The second-order valence-electron chi connectivity index (χ2n) is 5.61. The Morgan fingerprint density at radius 2 is 2.05 bits per heavy atom. The van der Waals surface area contributed by atoms with E-state index in [0.717, 1.165) is 55.7 Å². The summed E-state index contributed by atoms with van der Waals surface area (Å²) in [5.74, 6) is 1.76. The molecule has 0 unspecified atom stereocenters. The lowest BCUT2D eigenvalue weighted by Crippen LogP contribution is -2.38. The fourth-order valence-corrected chi connectivity index (χ4v) is 2.80. The molecule has 1 amide bonds. The van der Waals surface area contributed by atoms with Crippen LogP contribution in [-0.4, -0.2) is 30.6 Å². The Morgan fingerprint density at radius 3 is 2.65 bits per heavy atom. The van der Waals surface area contributed by atoms with Gasteiger partial charge in [-0.2, -0.15) is 0 Å². The number of carbonyl (C=O) groups excluding carboxylic acids is 1. The van der Waals surface area contributed by atoms with Gasteiger partial charge in [0.25, 0.3) is 0 Å². The van der Waals surface area contributed by atoms with Gasteiger partial charge in [0, 0.05) is 36.3 Å². The van der Waals surface area contributed by atoms with Gasteiger partial charge >= 0.3 is 0 Å². The second kappa shape index (κ2) is 6.22. The minimum Gasteiger partial charge on any atom is -0.381 e. The third-order valence-electron chi connectivity index (χ3n) is 3.96. The minimum absolute atomic E-state index is 0.222. The first-order chi connectivity index (χ1) is 9.74. The Bertz CT molecular complexity index is 467. The van der Waals surface area contributed by atoms with Crippen LogP contribution in [0.15, 0.2) is 22.8 Å². The molecule has 0 bridgehead atoms. The zero-order chi connectivity index (χ0) is 13.9. The first-order valence-electron chi connectivity index (χ1n) is 7.24. The van der Waals surface area contributed by atoms with Crippen molar-refractivity contribution < 1.29 is 9.53 Å². The zero-order valence-electron chi connectivity index (χ0n) is 11.4. The van der Waals surface area contributed by atoms with Crippen molar-refractivity contribution in [1.82, 2.24) is 4.98 Å². The number of amides is 1. The molecule has 108 valence electrons. The minimum atomic E-state index is 0.222. The van der Waals surface area contributed by atoms with E-state index in [4.69, 9.17) is 4.74 Å². The van der Waals surface area contributed by atoms with Crippen LogP contribution in [0.4, 0.5) is 5.82 Å². The lowest BCUT2D eigenvalue weighted by molar-refractivity contribution is -0.120. The molecule has 3 rings (SSSR count). The van der Waals surface area contributed by atoms with E-state index in [-0.39, 0.29) is 11.8 Å². The standard InChI is InChI=1S/C15H19BrN2O2/c16-13-3-4-14(17-9-13)18(15(19)12-1-2-12)10-11-5-7-20-8-6-11/h3-4,9,11-12H,1-2,5-8,10H2. The lowest BCUT2D eigenvalue weighted by Gasteiger charge is -2.29. The van der Waals surface area contributed by atoms with E-state index in [9.17, 15) is 4.79 Å². The van der Waals surface area contributed by atoms with Gasteiger partial charge in [0.05, 0.1) is 0 Å². The molecule has 5 heteroatoms. The molecule has 1 aromatic heterocycles. The number of ether oxygens (including phenoxy) is 1.